The quantitative estimate of drug-likeness (QED) is 0.852. The fraction of sp³-hybridized carbons (Fsp3) is 0.571. The van der Waals surface area contributed by atoms with Crippen LogP contribution in [0.25, 0.3) is 11.0 Å². The summed E-state index contributed by atoms with van der Waals surface area (Å²) in [5.74, 6) is -0.127. The van der Waals surface area contributed by atoms with Crippen molar-refractivity contribution in [1.82, 2.24) is 15.4 Å². The Morgan fingerprint density at radius 3 is 2.64 bits per heavy atom. The molecule has 0 spiro atoms. The molecule has 1 aliphatic heterocycles. The molecular weight excluding hydrogens is 361 g/mol. The van der Waals surface area contributed by atoms with Crippen molar-refractivity contribution in [3.8, 4) is 0 Å². The van der Waals surface area contributed by atoms with Crippen LogP contribution in [-0.4, -0.2) is 41.0 Å². The Balaban J connectivity index is 1.26. The predicted molar refractivity (Wildman–Crippen MR) is 102 cm³/mol. The number of likely N-dealkylation sites (tertiary alicyclic amines) is 1. The highest BCUT2D eigenvalue weighted by Gasteiger charge is 2.27. The molecule has 1 aliphatic carbocycles. The number of rotatable bonds is 5. The third-order valence-corrected chi connectivity index (χ3v) is 5.98. The van der Waals surface area contributed by atoms with E-state index in [2.05, 4.69) is 10.5 Å². The van der Waals surface area contributed by atoms with Crippen LogP contribution in [0.3, 0.4) is 0 Å². The van der Waals surface area contributed by atoms with E-state index in [0.29, 0.717) is 24.7 Å². The number of carbonyl (C=O) groups is 2. The van der Waals surface area contributed by atoms with Crippen LogP contribution >= 0.6 is 0 Å². The van der Waals surface area contributed by atoms with Gasteiger partial charge in [0, 0.05) is 49.3 Å². The number of piperidine rings is 1. The second-order valence-corrected chi connectivity index (χ2v) is 7.91. The Morgan fingerprint density at radius 2 is 1.89 bits per heavy atom. The van der Waals surface area contributed by atoms with Crippen LogP contribution in [0, 0.1) is 5.82 Å². The summed E-state index contributed by atoms with van der Waals surface area (Å²) in [6.45, 7) is 1.28. The molecule has 1 N–H and O–H groups in total. The van der Waals surface area contributed by atoms with Gasteiger partial charge in [0.2, 0.25) is 11.8 Å². The molecule has 2 heterocycles. The summed E-state index contributed by atoms with van der Waals surface area (Å²) in [6.07, 6.45) is 6.55. The molecular formula is C21H26FN3O3. The van der Waals surface area contributed by atoms with Crippen molar-refractivity contribution in [1.29, 1.82) is 0 Å². The molecule has 1 aromatic heterocycles. The van der Waals surface area contributed by atoms with Gasteiger partial charge in [-0.25, -0.2) is 4.39 Å². The number of benzene rings is 1. The lowest BCUT2D eigenvalue weighted by Crippen LogP contribution is -2.39. The molecule has 2 amide bonds. The summed E-state index contributed by atoms with van der Waals surface area (Å²) in [5, 5.41) is 8.01. The molecule has 150 valence electrons. The monoisotopic (exact) mass is 387 g/mol. The standard InChI is InChI=1S/C21H26FN3O3/c22-15-5-6-17-18(13-15)28-24-21(17)14-9-11-25(12-10-14)20(27)8-7-19(26)23-16-3-1-2-4-16/h5-6,13-14,16H,1-4,7-12H2,(H,23,26). The first kappa shape index (κ1) is 18.9. The van der Waals surface area contributed by atoms with Crippen molar-refractivity contribution in [2.45, 2.75) is 63.3 Å². The third-order valence-electron chi connectivity index (χ3n) is 5.98. The van der Waals surface area contributed by atoms with Gasteiger partial charge in [-0.3, -0.25) is 9.59 Å². The number of nitrogens with zero attached hydrogens (tertiary/aromatic N) is 2. The number of hydrogen-bond donors (Lipinski definition) is 1. The van der Waals surface area contributed by atoms with Crippen molar-refractivity contribution >= 4 is 22.8 Å². The number of amides is 2. The molecule has 0 bridgehead atoms. The third kappa shape index (κ3) is 4.18. The van der Waals surface area contributed by atoms with Gasteiger partial charge < -0.3 is 14.7 Å². The molecule has 6 nitrogen and oxygen atoms in total. The lowest BCUT2D eigenvalue weighted by atomic mass is 9.91. The normalized spacial score (nSPS) is 18.7. The Hall–Kier alpha value is -2.44. The van der Waals surface area contributed by atoms with Gasteiger partial charge in [0.1, 0.15) is 5.82 Å². The topological polar surface area (TPSA) is 75.4 Å². The smallest absolute Gasteiger partial charge is 0.223 e. The van der Waals surface area contributed by atoms with E-state index in [1.807, 2.05) is 4.90 Å². The minimum atomic E-state index is -0.340. The van der Waals surface area contributed by atoms with Crippen molar-refractivity contribution in [3.63, 3.8) is 0 Å². The Kier molecular flexibility index (Phi) is 5.59. The van der Waals surface area contributed by atoms with Gasteiger partial charge in [-0.1, -0.05) is 18.0 Å². The lowest BCUT2D eigenvalue weighted by molar-refractivity contribution is -0.134. The molecule has 1 saturated carbocycles. The zero-order chi connectivity index (χ0) is 19.5. The summed E-state index contributed by atoms with van der Waals surface area (Å²) in [7, 11) is 0. The van der Waals surface area contributed by atoms with E-state index in [9.17, 15) is 14.0 Å². The molecule has 0 unspecified atom stereocenters. The molecule has 1 aromatic carbocycles. The van der Waals surface area contributed by atoms with Crippen molar-refractivity contribution in [2.24, 2.45) is 0 Å². The molecule has 1 saturated heterocycles. The molecule has 2 aromatic rings. The van der Waals surface area contributed by atoms with Crippen LogP contribution in [0.1, 0.15) is 63.0 Å². The Labute approximate surface area is 163 Å². The zero-order valence-corrected chi connectivity index (χ0v) is 16.0. The highest BCUT2D eigenvalue weighted by Crippen LogP contribution is 2.33. The van der Waals surface area contributed by atoms with Crippen LogP contribution in [0.5, 0.6) is 0 Å². The van der Waals surface area contributed by atoms with Crippen LogP contribution in [-0.2, 0) is 9.59 Å². The van der Waals surface area contributed by atoms with E-state index < -0.39 is 0 Å². The molecule has 4 rings (SSSR count). The fourth-order valence-corrected chi connectivity index (χ4v) is 4.38. The molecule has 7 heteroatoms. The maximum atomic E-state index is 13.3. The average Bonchev–Trinajstić information content (AvgIpc) is 3.35. The summed E-state index contributed by atoms with van der Waals surface area (Å²) in [5.41, 5.74) is 1.31. The molecule has 28 heavy (non-hydrogen) atoms. The summed E-state index contributed by atoms with van der Waals surface area (Å²) >= 11 is 0. The number of fused-ring (bicyclic) bond motifs is 1. The molecule has 2 aliphatic rings. The van der Waals surface area contributed by atoms with Crippen molar-refractivity contribution in [2.75, 3.05) is 13.1 Å². The van der Waals surface area contributed by atoms with Crippen molar-refractivity contribution < 1.29 is 18.5 Å². The Bertz CT molecular complexity index is 852. The van der Waals surface area contributed by atoms with Crippen molar-refractivity contribution in [3.05, 3.63) is 29.7 Å². The van der Waals surface area contributed by atoms with Crippen LogP contribution in [0.4, 0.5) is 4.39 Å². The number of hydrogen-bond acceptors (Lipinski definition) is 4. The van der Waals surface area contributed by atoms with Gasteiger partial charge in [-0.2, -0.15) is 0 Å². The first-order valence-electron chi connectivity index (χ1n) is 10.2. The van der Waals surface area contributed by atoms with E-state index in [-0.39, 0.29) is 36.4 Å². The molecule has 2 fully saturated rings. The highest BCUT2D eigenvalue weighted by atomic mass is 19.1. The van der Waals surface area contributed by atoms with Crippen LogP contribution < -0.4 is 5.32 Å². The van der Waals surface area contributed by atoms with Crippen LogP contribution in [0.15, 0.2) is 22.7 Å². The SMILES string of the molecule is O=C(CCC(=O)N1CCC(c2noc3cc(F)ccc23)CC1)NC1CCCC1. The highest BCUT2D eigenvalue weighted by molar-refractivity contribution is 5.84. The van der Waals surface area contributed by atoms with E-state index in [0.717, 1.165) is 36.8 Å². The van der Waals surface area contributed by atoms with E-state index >= 15 is 0 Å². The van der Waals surface area contributed by atoms with Gasteiger partial charge >= 0.3 is 0 Å². The summed E-state index contributed by atoms with van der Waals surface area (Å²) in [4.78, 5) is 26.3. The second kappa shape index (κ2) is 8.29. The second-order valence-electron chi connectivity index (χ2n) is 7.91. The summed E-state index contributed by atoms with van der Waals surface area (Å²) < 4.78 is 18.6. The largest absolute Gasteiger partial charge is 0.356 e. The van der Waals surface area contributed by atoms with E-state index in [4.69, 9.17) is 4.52 Å². The van der Waals surface area contributed by atoms with E-state index in [1.54, 1.807) is 6.07 Å². The lowest BCUT2D eigenvalue weighted by Gasteiger charge is -2.31. The predicted octanol–water partition coefficient (Wildman–Crippen LogP) is 3.51. The average molecular weight is 387 g/mol. The van der Waals surface area contributed by atoms with E-state index in [1.165, 1.54) is 25.0 Å². The number of aromatic nitrogens is 1. The molecule has 0 radical (unpaired) electrons. The Morgan fingerprint density at radius 1 is 1.14 bits per heavy atom. The van der Waals surface area contributed by atoms with Gasteiger partial charge in [-0.15, -0.1) is 0 Å². The fourth-order valence-electron chi connectivity index (χ4n) is 4.38. The first-order valence-corrected chi connectivity index (χ1v) is 10.2. The number of nitrogens with one attached hydrogen (secondary N) is 1. The van der Waals surface area contributed by atoms with Gasteiger partial charge in [0.25, 0.3) is 0 Å². The maximum Gasteiger partial charge on any atom is 0.223 e. The first-order chi connectivity index (χ1) is 13.6. The molecule has 0 atom stereocenters. The summed E-state index contributed by atoms with van der Waals surface area (Å²) in [6, 6.07) is 4.76. The number of halogens is 1. The minimum Gasteiger partial charge on any atom is -0.356 e. The maximum absolute atomic E-state index is 13.3. The van der Waals surface area contributed by atoms with Crippen LogP contribution in [0.2, 0.25) is 0 Å². The van der Waals surface area contributed by atoms with Gasteiger partial charge in [-0.05, 0) is 37.8 Å². The van der Waals surface area contributed by atoms with Gasteiger partial charge in [0.15, 0.2) is 5.58 Å². The zero-order valence-electron chi connectivity index (χ0n) is 16.0. The minimum absolute atomic E-state index is 0.0172. The van der Waals surface area contributed by atoms with Gasteiger partial charge in [0.05, 0.1) is 5.69 Å². The number of carbonyl (C=O) groups excluding carboxylic acids is 2.